The lowest BCUT2D eigenvalue weighted by molar-refractivity contribution is -0.779. The molecule has 3 aromatic rings. The van der Waals surface area contributed by atoms with Crippen LogP contribution in [-0.2, 0) is 13.8 Å². The van der Waals surface area contributed by atoms with Crippen molar-refractivity contribution in [2.75, 3.05) is 0 Å². The lowest BCUT2D eigenvalue weighted by atomic mass is 10.2. The van der Waals surface area contributed by atoms with Gasteiger partial charge in [-0.1, -0.05) is 46.3 Å². The number of aromatic nitrogens is 3. The normalized spacial score (nSPS) is 10.7. The van der Waals surface area contributed by atoms with Gasteiger partial charge in [-0.15, -0.1) is 9.36 Å². The number of rotatable bonds is 4. The Kier molecular flexibility index (Phi) is 4.24. The van der Waals surface area contributed by atoms with Crippen LogP contribution in [0, 0.1) is 6.92 Å². The van der Waals surface area contributed by atoms with Gasteiger partial charge in [-0.2, -0.15) is 0 Å². The summed E-state index contributed by atoms with van der Waals surface area (Å²) in [6, 6.07) is 16.2. The van der Waals surface area contributed by atoms with Gasteiger partial charge < -0.3 is 4.74 Å². The van der Waals surface area contributed by atoms with Gasteiger partial charge in [0, 0.05) is 10.0 Å². The number of hydrogen-bond donors (Lipinski definition) is 0. The molecular weight excluding hydrogens is 342 g/mol. The Morgan fingerprint density at radius 1 is 1.18 bits per heavy atom. The van der Waals surface area contributed by atoms with Crippen LogP contribution in [0.1, 0.15) is 5.56 Å². The van der Waals surface area contributed by atoms with Gasteiger partial charge in [0.2, 0.25) is 0 Å². The van der Waals surface area contributed by atoms with Gasteiger partial charge in [-0.25, -0.2) is 0 Å². The maximum atomic E-state index is 5.85. The molecule has 0 bridgehead atoms. The fourth-order valence-corrected chi connectivity index (χ4v) is 2.79. The summed E-state index contributed by atoms with van der Waals surface area (Å²) in [5, 5.41) is 4.45. The minimum absolute atomic E-state index is 0.378. The molecule has 22 heavy (non-hydrogen) atoms. The smallest absolute Gasteiger partial charge is 0.253 e. The molecule has 0 unspecified atom stereocenters. The third-order valence-electron chi connectivity index (χ3n) is 3.43. The van der Waals surface area contributed by atoms with Gasteiger partial charge in [-0.05, 0) is 30.7 Å². The molecule has 2 aromatic carbocycles. The van der Waals surface area contributed by atoms with Crippen LogP contribution in [0.3, 0.4) is 0 Å². The van der Waals surface area contributed by atoms with Crippen molar-refractivity contribution in [1.29, 1.82) is 0 Å². The highest BCUT2D eigenvalue weighted by Crippen LogP contribution is 2.22. The Hall–Kier alpha value is -2.14. The third kappa shape index (κ3) is 3.20. The van der Waals surface area contributed by atoms with Crippen molar-refractivity contribution >= 4 is 15.9 Å². The minimum Gasteiger partial charge on any atom is -0.452 e. The number of benzene rings is 2. The summed E-state index contributed by atoms with van der Waals surface area (Å²) in [4.78, 5) is 0. The van der Waals surface area contributed by atoms with Crippen molar-refractivity contribution < 1.29 is 9.42 Å². The predicted octanol–water partition coefficient (Wildman–Crippen LogP) is 3.48. The largest absolute Gasteiger partial charge is 0.452 e. The zero-order chi connectivity index (χ0) is 15.5. The predicted molar refractivity (Wildman–Crippen MR) is 88.3 cm³/mol. The van der Waals surface area contributed by atoms with E-state index in [9.17, 15) is 0 Å². The second-order valence-corrected chi connectivity index (χ2v) is 6.03. The standard InChI is InChI=1S/C17H17BrN3O/c1-13-10-15(18)8-9-17(13)22-12-21-11-16(20(2)19-21)14-6-4-3-5-7-14/h3-11H,12H2,1-2H3/q+1. The number of halogens is 1. The van der Waals surface area contributed by atoms with E-state index in [1.807, 2.05) is 61.2 Å². The van der Waals surface area contributed by atoms with Crippen LogP contribution in [0.5, 0.6) is 5.75 Å². The van der Waals surface area contributed by atoms with Crippen LogP contribution < -0.4 is 9.42 Å². The molecule has 5 heteroatoms. The molecule has 0 saturated heterocycles. The molecular formula is C17H17BrN3O+. The summed E-state index contributed by atoms with van der Waals surface area (Å²) in [5.74, 6) is 0.864. The molecule has 1 heterocycles. The first-order chi connectivity index (χ1) is 10.6. The molecule has 0 fully saturated rings. The molecule has 0 radical (unpaired) electrons. The van der Waals surface area contributed by atoms with Crippen LogP contribution in [-0.4, -0.2) is 9.90 Å². The fraction of sp³-hybridized carbons (Fsp3) is 0.176. The first-order valence-corrected chi connectivity index (χ1v) is 7.81. The maximum absolute atomic E-state index is 5.85. The Labute approximate surface area is 138 Å². The highest BCUT2D eigenvalue weighted by Gasteiger charge is 2.14. The second kappa shape index (κ2) is 6.32. The summed E-state index contributed by atoms with van der Waals surface area (Å²) < 4.78 is 10.5. The fourth-order valence-electron chi connectivity index (χ4n) is 2.31. The van der Waals surface area contributed by atoms with Crippen LogP contribution >= 0.6 is 15.9 Å². The number of ether oxygens (including phenoxy) is 1. The summed E-state index contributed by atoms with van der Waals surface area (Å²) in [5.41, 5.74) is 3.28. The van der Waals surface area contributed by atoms with E-state index in [-0.39, 0.29) is 0 Å². The van der Waals surface area contributed by atoms with Crippen molar-refractivity contribution in [3.8, 4) is 17.0 Å². The van der Waals surface area contributed by atoms with Gasteiger partial charge >= 0.3 is 0 Å². The van der Waals surface area contributed by atoms with E-state index >= 15 is 0 Å². The molecule has 0 aliphatic heterocycles. The van der Waals surface area contributed by atoms with E-state index in [0.717, 1.165) is 27.0 Å². The van der Waals surface area contributed by atoms with E-state index in [1.54, 1.807) is 4.68 Å². The first-order valence-electron chi connectivity index (χ1n) is 7.01. The first kappa shape index (κ1) is 14.8. The van der Waals surface area contributed by atoms with Crippen LogP contribution in [0.25, 0.3) is 11.3 Å². The zero-order valence-corrected chi connectivity index (χ0v) is 14.1. The average Bonchev–Trinajstić information content (AvgIpc) is 2.88. The van der Waals surface area contributed by atoms with Crippen LogP contribution in [0.15, 0.2) is 59.2 Å². The van der Waals surface area contributed by atoms with Gasteiger partial charge in [0.1, 0.15) is 12.8 Å². The summed E-state index contributed by atoms with van der Waals surface area (Å²) in [6.45, 7) is 2.40. The van der Waals surface area contributed by atoms with E-state index in [4.69, 9.17) is 4.74 Å². The van der Waals surface area contributed by atoms with Gasteiger partial charge in [-0.3, -0.25) is 0 Å². The van der Waals surface area contributed by atoms with E-state index < -0.39 is 0 Å². The Morgan fingerprint density at radius 3 is 2.68 bits per heavy atom. The SMILES string of the molecule is Cc1cc(Br)ccc1OC[n+]1cc(-c2ccccc2)n(C)n1. The molecule has 0 saturated carbocycles. The van der Waals surface area contributed by atoms with E-state index in [0.29, 0.717) is 6.73 Å². The van der Waals surface area contributed by atoms with Crippen molar-refractivity contribution in [3.05, 3.63) is 64.8 Å². The monoisotopic (exact) mass is 358 g/mol. The van der Waals surface area contributed by atoms with Gasteiger partial charge in [0.25, 0.3) is 6.73 Å². The zero-order valence-electron chi connectivity index (χ0n) is 12.5. The van der Waals surface area contributed by atoms with Crippen molar-refractivity contribution in [3.63, 3.8) is 0 Å². The van der Waals surface area contributed by atoms with Crippen molar-refractivity contribution in [2.45, 2.75) is 13.7 Å². The average molecular weight is 359 g/mol. The summed E-state index contributed by atoms with van der Waals surface area (Å²) >= 11 is 3.45. The van der Waals surface area contributed by atoms with Crippen molar-refractivity contribution in [2.24, 2.45) is 7.05 Å². The third-order valence-corrected chi connectivity index (χ3v) is 3.92. The molecule has 3 rings (SSSR count). The topological polar surface area (TPSA) is 30.9 Å². The minimum atomic E-state index is 0.378. The molecule has 0 aliphatic rings. The highest BCUT2D eigenvalue weighted by atomic mass is 79.9. The lowest BCUT2D eigenvalue weighted by Crippen LogP contribution is -2.38. The van der Waals surface area contributed by atoms with Gasteiger partial charge in [0.05, 0.1) is 5.21 Å². The molecule has 112 valence electrons. The highest BCUT2D eigenvalue weighted by molar-refractivity contribution is 9.10. The number of hydrogen-bond acceptors (Lipinski definition) is 2. The molecule has 0 N–H and O–H groups in total. The summed E-state index contributed by atoms with van der Waals surface area (Å²) in [6.07, 6.45) is 1.99. The van der Waals surface area contributed by atoms with E-state index in [2.05, 4.69) is 33.3 Å². The number of nitrogens with zero attached hydrogens (tertiary/aromatic N) is 3. The molecule has 4 nitrogen and oxygen atoms in total. The Bertz CT molecular complexity index is 784. The Balaban J connectivity index is 1.77. The van der Waals surface area contributed by atoms with Crippen molar-refractivity contribution in [1.82, 2.24) is 9.90 Å². The molecule has 0 spiro atoms. The lowest BCUT2D eigenvalue weighted by Gasteiger charge is -2.06. The van der Waals surface area contributed by atoms with E-state index in [1.165, 1.54) is 0 Å². The Morgan fingerprint density at radius 2 is 1.95 bits per heavy atom. The van der Waals surface area contributed by atoms with Crippen LogP contribution in [0.4, 0.5) is 0 Å². The number of aryl methyl sites for hydroxylation is 2. The quantitative estimate of drug-likeness (QED) is 0.668. The molecule has 1 aromatic heterocycles. The molecule has 0 atom stereocenters. The second-order valence-electron chi connectivity index (χ2n) is 5.12. The maximum Gasteiger partial charge on any atom is 0.253 e. The van der Waals surface area contributed by atoms with Gasteiger partial charge in [0.15, 0.2) is 11.9 Å². The molecule has 0 aliphatic carbocycles. The van der Waals surface area contributed by atoms with Crippen LogP contribution in [0.2, 0.25) is 0 Å². The summed E-state index contributed by atoms with van der Waals surface area (Å²) in [7, 11) is 1.93. The molecule has 0 amide bonds.